The molecule has 0 fully saturated rings. The Morgan fingerprint density at radius 1 is 1.36 bits per heavy atom. The van der Waals surface area contributed by atoms with Gasteiger partial charge in [-0.25, -0.2) is 8.78 Å². The van der Waals surface area contributed by atoms with Crippen LogP contribution in [0.2, 0.25) is 0 Å². The highest BCUT2D eigenvalue weighted by atomic mass is 19.1. The predicted molar refractivity (Wildman–Crippen MR) is 47.3 cm³/mol. The van der Waals surface area contributed by atoms with E-state index >= 15 is 0 Å². The summed E-state index contributed by atoms with van der Waals surface area (Å²) in [7, 11) is 1.27. The third-order valence-corrected chi connectivity index (χ3v) is 1.87. The van der Waals surface area contributed by atoms with E-state index in [4.69, 9.17) is 4.74 Å². The molecule has 0 heterocycles. The minimum absolute atomic E-state index is 0.111. The van der Waals surface area contributed by atoms with Crippen LogP contribution in [0.3, 0.4) is 0 Å². The minimum Gasteiger partial charge on any atom is -0.493 e. The van der Waals surface area contributed by atoms with Crippen LogP contribution in [-0.4, -0.2) is 13.4 Å². The Morgan fingerprint density at radius 3 is 2.57 bits per heavy atom. The Balaban J connectivity index is 3.08. The van der Waals surface area contributed by atoms with E-state index in [9.17, 15) is 13.6 Å². The molecule has 0 spiro atoms. The first-order valence-corrected chi connectivity index (χ1v) is 4.15. The number of carbonyl (C=O) groups excluding carboxylic acids is 1. The molecular formula is C10H10F2O2. The summed E-state index contributed by atoms with van der Waals surface area (Å²) in [6.07, 6.45) is 0.955. The second kappa shape index (κ2) is 4.69. The van der Waals surface area contributed by atoms with Crippen LogP contribution in [0, 0.1) is 11.6 Å². The highest BCUT2D eigenvalue weighted by molar-refractivity contribution is 5.51. The van der Waals surface area contributed by atoms with Crippen molar-refractivity contribution in [2.24, 2.45) is 0 Å². The molecule has 0 N–H and O–H groups in total. The molecule has 0 aliphatic rings. The zero-order valence-electron chi connectivity index (χ0n) is 7.72. The van der Waals surface area contributed by atoms with E-state index in [-0.39, 0.29) is 24.2 Å². The largest absolute Gasteiger partial charge is 0.493 e. The first-order chi connectivity index (χ1) is 6.70. The summed E-state index contributed by atoms with van der Waals surface area (Å²) in [4.78, 5) is 10.1. The number of halogens is 2. The second-order valence-corrected chi connectivity index (χ2v) is 2.75. The first kappa shape index (κ1) is 10.6. The van der Waals surface area contributed by atoms with Crippen molar-refractivity contribution < 1.29 is 18.3 Å². The van der Waals surface area contributed by atoms with E-state index < -0.39 is 11.6 Å². The highest BCUT2D eigenvalue weighted by Crippen LogP contribution is 2.25. The van der Waals surface area contributed by atoms with E-state index in [1.807, 2.05) is 0 Å². The van der Waals surface area contributed by atoms with Gasteiger partial charge in [0.25, 0.3) is 0 Å². The van der Waals surface area contributed by atoms with Crippen molar-refractivity contribution >= 4 is 6.29 Å². The molecular weight excluding hydrogens is 190 g/mol. The van der Waals surface area contributed by atoms with Gasteiger partial charge < -0.3 is 9.53 Å². The third-order valence-electron chi connectivity index (χ3n) is 1.87. The van der Waals surface area contributed by atoms with Crippen LogP contribution in [0.25, 0.3) is 0 Å². The molecule has 0 saturated heterocycles. The summed E-state index contributed by atoms with van der Waals surface area (Å²) >= 11 is 0. The Bertz CT molecular complexity index is 337. The van der Waals surface area contributed by atoms with Gasteiger partial charge in [-0.3, -0.25) is 0 Å². The van der Waals surface area contributed by atoms with Gasteiger partial charge in [0.05, 0.1) is 7.11 Å². The molecule has 0 saturated carbocycles. The Morgan fingerprint density at radius 2 is 2.00 bits per heavy atom. The number of aldehydes is 1. The summed E-state index contributed by atoms with van der Waals surface area (Å²) < 4.78 is 31.0. The smallest absolute Gasteiger partial charge is 0.165 e. The number of rotatable bonds is 4. The van der Waals surface area contributed by atoms with Gasteiger partial charge in [0.15, 0.2) is 11.6 Å². The van der Waals surface area contributed by atoms with Crippen molar-refractivity contribution in [3.8, 4) is 5.75 Å². The number of hydrogen-bond donors (Lipinski definition) is 0. The van der Waals surface area contributed by atoms with Crippen LogP contribution < -0.4 is 4.74 Å². The SMILES string of the molecule is COc1c(F)ccc(F)c1CCC=O. The maximum atomic E-state index is 13.2. The van der Waals surface area contributed by atoms with Gasteiger partial charge in [-0.1, -0.05) is 0 Å². The van der Waals surface area contributed by atoms with Gasteiger partial charge >= 0.3 is 0 Å². The molecule has 0 aliphatic carbocycles. The van der Waals surface area contributed by atoms with Crippen molar-refractivity contribution in [2.75, 3.05) is 7.11 Å². The number of methoxy groups -OCH3 is 1. The molecule has 2 nitrogen and oxygen atoms in total. The normalized spacial score (nSPS) is 9.93. The Hall–Kier alpha value is -1.45. The van der Waals surface area contributed by atoms with E-state index in [0.29, 0.717) is 6.29 Å². The maximum Gasteiger partial charge on any atom is 0.165 e. The van der Waals surface area contributed by atoms with Crippen molar-refractivity contribution in [3.63, 3.8) is 0 Å². The fourth-order valence-corrected chi connectivity index (χ4v) is 1.23. The molecule has 0 atom stereocenters. The molecule has 1 aromatic carbocycles. The molecule has 0 amide bonds. The predicted octanol–water partition coefficient (Wildman–Crippen LogP) is 2.10. The summed E-state index contributed by atoms with van der Waals surface area (Å²) in [5, 5.41) is 0. The lowest BCUT2D eigenvalue weighted by Crippen LogP contribution is -1.99. The zero-order valence-corrected chi connectivity index (χ0v) is 7.72. The van der Waals surface area contributed by atoms with Crippen LogP contribution in [0.15, 0.2) is 12.1 Å². The summed E-state index contributed by atoms with van der Waals surface area (Å²) in [6, 6.07) is 2.02. The van der Waals surface area contributed by atoms with Crippen molar-refractivity contribution in [1.82, 2.24) is 0 Å². The van der Waals surface area contributed by atoms with Gasteiger partial charge in [-0.2, -0.15) is 0 Å². The standard InChI is InChI=1S/C10H10F2O2/c1-14-10-7(3-2-6-13)8(11)4-5-9(10)12/h4-6H,2-3H2,1H3. The summed E-state index contributed by atoms with van der Waals surface area (Å²) in [6.45, 7) is 0. The van der Waals surface area contributed by atoms with Crippen LogP contribution in [0.4, 0.5) is 8.78 Å². The Labute approximate surface area is 80.5 Å². The lowest BCUT2D eigenvalue weighted by atomic mass is 10.1. The topological polar surface area (TPSA) is 26.3 Å². The van der Waals surface area contributed by atoms with E-state index in [2.05, 4.69) is 0 Å². The average molecular weight is 200 g/mol. The third kappa shape index (κ3) is 2.07. The number of hydrogen-bond acceptors (Lipinski definition) is 2. The molecule has 0 bridgehead atoms. The van der Waals surface area contributed by atoms with Gasteiger partial charge in [0.2, 0.25) is 0 Å². The van der Waals surface area contributed by atoms with Crippen molar-refractivity contribution in [3.05, 3.63) is 29.3 Å². The monoisotopic (exact) mass is 200 g/mol. The highest BCUT2D eigenvalue weighted by Gasteiger charge is 2.13. The minimum atomic E-state index is -0.616. The lowest BCUT2D eigenvalue weighted by Gasteiger charge is -2.08. The van der Waals surface area contributed by atoms with E-state index in [0.717, 1.165) is 12.1 Å². The molecule has 1 aromatic rings. The number of carbonyl (C=O) groups is 1. The maximum absolute atomic E-state index is 13.2. The van der Waals surface area contributed by atoms with E-state index in [1.165, 1.54) is 7.11 Å². The molecule has 0 aromatic heterocycles. The molecule has 76 valence electrons. The average Bonchev–Trinajstić information content (AvgIpc) is 2.19. The van der Waals surface area contributed by atoms with Crippen LogP contribution >= 0.6 is 0 Å². The molecule has 0 unspecified atom stereocenters. The fraction of sp³-hybridized carbons (Fsp3) is 0.300. The zero-order chi connectivity index (χ0) is 10.6. The van der Waals surface area contributed by atoms with Crippen molar-refractivity contribution in [2.45, 2.75) is 12.8 Å². The fourth-order valence-electron chi connectivity index (χ4n) is 1.23. The molecule has 1 rings (SSSR count). The molecule has 14 heavy (non-hydrogen) atoms. The molecule has 4 heteroatoms. The summed E-state index contributed by atoms with van der Waals surface area (Å²) in [5.74, 6) is -1.29. The van der Waals surface area contributed by atoms with Crippen LogP contribution in [-0.2, 0) is 11.2 Å². The Kier molecular flexibility index (Phi) is 3.56. The van der Waals surface area contributed by atoms with Gasteiger partial charge in [0, 0.05) is 12.0 Å². The van der Waals surface area contributed by atoms with E-state index in [1.54, 1.807) is 0 Å². The second-order valence-electron chi connectivity index (χ2n) is 2.75. The number of benzene rings is 1. The van der Waals surface area contributed by atoms with Crippen molar-refractivity contribution in [1.29, 1.82) is 0 Å². The molecule has 0 radical (unpaired) electrons. The number of ether oxygens (including phenoxy) is 1. The molecule has 0 aliphatic heterocycles. The lowest BCUT2D eigenvalue weighted by molar-refractivity contribution is -0.107. The van der Waals surface area contributed by atoms with Gasteiger partial charge in [0.1, 0.15) is 12.1 Å². The summed E-state index contributed by atoms with van der Waals surface area (Å²) in [5.41, 5.74) is 0.111. The quantitative estimate of drug-likeness (QED) is 0.696. The van der Waals surface area contributed by atoms with Crippen LogP contribution in [0.5, 0.6) is 5.75 Å². The van der Waals surface area contributed by atoms with Gasteiger partial charge in [-0.05, 0) is 18.6 Å². The van der Waals surface area contributed by atoms with Gasteiger partial charge in [-0.15, -0.1) is 0 Å². The first-order valence-electron chi connectivity index (χ1n) is 4.15. The van der Waals surface area contributed by atoms with Crippen LogP contribution in [0.1, 0.15) is 12.0 Å².